The highest BCUT2D eigenvalue weighted by Crippen LogP contribution is 2.31. The molecule has 5 heteroatoms. The first-order valence-corrected chi connectivity index (χ1v) is 8.60. The van der Waals surface area contributed by atoms with Gasteiger partial charge in [-0.1, -0.05) is 55.3 Å². The van der Waals surface area contributed by atoms with Crippen LogP contribution in [0.2, 0.25) is 0 Å². The fourth-order valence-electron chi connectivity index (χ4n) is 2.00. The maximum absolute atomic E-state index is 4.62. The molecular weight excluding hydrogens is 400 g/mol. The number of hydrogen-bond donors (Lipinski definition) is 1. The van der Waals surface area contributed by atoms with Crippen molar-refractivity contribution >= 4 is 58.5 Å². The molecule has 1 N–H and O–H groups in total. The molecule has 1 aromatic heterocycles. The van der Waals surface area contributed by atoms with Crippen molar-refractivity contribution in [3.63, 3.8) is 0 Å². The number of hydrogen-bond acceptors (Lipinski definition) is 3. The number of fused-ring (bicyclic) bond motifs is 1. The van der Waals surface area contributed by atoms with Crippen molar-refractivity contribution in [2.75, 3.05) is 5.32 Å². The molecule has 3 rings (SSSR count). The molecule has 1 heterocycles. The molecule has 2 nitrogen and oxygen atoms in total. The second kappa shape index (κ2) is 5.84. The maximum Gasteiger partial charge on any atom is 0.184 e. The predicted molar refractivity (Wildman–Crippen MR) is 93.5 cm³/mol. The van der Waals surface area contributed by atoms with E-state index >= 15 is 0 Å². The summed E-state index contributed by atoms with van der Waals surface area (Å²) < 4.78 is 3.36. The lowest BCUT2D eigenvalue weighted by molar-refractivity contribution is 0.881. The molecule has 20 heavy (non-hydrogen) atoms. The second-order valence-electron chi connectivity index (χ2n) is 4.55. The second-order valence-corrected chi connectivity index (χ2v) is 7.41. The fourth-order valence-corrected chi connectivity index (χ4v) is 3.93. The van der Waals surface area contributed by atoms with Crippen molar-refractivity contribution in [2.45, 2.75) is 13.0 Å². The molecule has 0 radical (unpaired) electrons. The summed E-state index contributed by atoms with van der Waals surface area (Å²) >= 11 is 8.67. The van der Waals surface area contributed by atoms with Crippen LogP contribution in [0, 0.1) is 0 Å². The van der Waals surface area contributed by atoms with Crippen LogP contribution in [0.3, 0.4) is 0 Å². The van der Waals surface area contributed by atoms with Crippen LogP contribution in [0.25, 0.3) is 10.2 Å². The predicted octanol–water partition coefficient (Wildman–Crippen LogP) is 5.99. The first-order valence-electron chi connectivity index (χ1n) is 6.20. The van der Waals surface area contributed by atoms with Crippen molar-refractivity contribution in [1.29, 1.82) is 0 Å². The van der Waals surface area contributed by atoms with Gasteiger partial charge in [-0.2, -0.15) is 0 Å². The average molecular weight is 412 g/mol. The van der Waals surface area contributed by atoms with E-state index in [4.69, 9.17) is 0 Å². The van der Waals surface area contributed by atoms with Crippen LogP contribution in [-0.4, -0.2) is 4.98 Å². The molecule has 0 amide bonds. The summed E-state index contributed by atoms with van der Waals surface area (Å²) in [6, 6.07) is 14.7. The summed E-state index contributed by atoms with van der Waals surface area (Å²) in [6.07, 6.45) is 0. The largest absolute Gasteiger partial charge is 0.355 e. The van der Waals surface area contributed by atoms with Gasteiger partial charge in [0.25, 0.3) is 0 Å². The van der Waals surface area contributed by atoms with E-state index in [1.54, 1.807) is 11.3 Å². The van der Waals surface area contributed by atoms with Crippen LogP contribution in [0.15, 0.2) is 51.4 Å². The average Bonchev–Trinajstić information content (AvgIpc) is 2.80. The Kier molecular flexibility index (Phi) is 4.10. The highest BCUT2D eigenvalue weighted by molar-refractivity contribution is 9.10. The van der Waals surface area contributed by atoms with Gasteiger partial charge in [-0.25, -0.2) is 4.98 Å². The number of halogens is 2. The molecule has 0 bridgehead atoms. The van der Waals surface area contributed by atoms with Crippen LogP contribution in [0.4, 0.5) is 5.13 Å². The number of nitrogens with one attached hydrogen (secondary N) is 1. The standard InChI is InChI=1S/C15H12Br2N2S/c1-9(10-3-2-4-11(16)7-10)18-15-19-13-6-5-12(17)8-14(13)20-15/h2-9H,1H3,(H,18,19). The molecule has 0 aliphatic rings. The van der Waals surface area contributed by atoms with Crippen molar-refractivity contribution < 1.29 is 0 Å². The van der Waals surface area contributed by atoms with Crippen molar-refractivity contribution in [1.82, 2.24) is 4.98 Å². The minimum Gasteiger partial charge on any atom is -0.355 e. The van der Waals surface area contributed by atoms with E-state index in [0.717, 1.165) is 19.6 Å². The third-order valence-corrected chi connectivity index (χ3v) is 4.98. The number of aromatic nitrogens is 1. The normalized spacial score (nSPS) is 12.6. The van der Waals surface area contributed by atoms with Crippen molar-refractivity contribution in [2.24, 2.45) is 0 Å². The topological polar surface area (TPSA) is 24.9 Å². The summed E-state index contributed by atoms with van der Waals surface area (Å²) in [7, 11) is 0. The lowest BCUT2D eigenvalue weighted by Crippen LogP contribution is -2.05. The Morgan fingerprint density at radius 2 is 1.90 bits per heavy atom. The monoisotopic (exact) mass is 410 g/mol. The highest BCUT2D eigenvalue weighted by Gasteiger charge is 2.09. The quantitative estimate of drug-likeness (QED) is 0.572. The van der Waals surface area contributed by atoms with Gasteiger partial charge in [0.1, 0.15) is 0 Å². The van der Waals surface area contributed by atoms with E-state index in [2.05, 4.69) is 67.3 Å². The van der Waals surface area contributed by atoms with E-state index < -0.39 is 0 Å². The Morgan fingerprint density at radius 3 is 2.70 bits per heavy atom. The van der Waals surface area contributed by atoms with E-state index in [1.807, 2.05) is 24.3 Å². The first kappa shape index (κ1) is 14.0. The minimum atomic E-state index is 0.219. The highest BCUT2D eigenvalue weighted by atomic mass is 79.9. The summed E-state index contributed by atoms with van der Waals surface area (Å²) in [5.41, 5.74) is 2.27. The lowest BCUT2D eigenvalue weighted by atomic mass is 10.1. The van der Waals surface area contributed by atoms with Crippen LogP contribution in [0.5, 0.6) is 0 Å². The van der Waals surface area contributed by atoms with E-state index in [0.29, 0.717) is 0 Å². The molecule has 2 aromatic carbocycles. The van der Waals surface area contributed by atoms with E-state index in [1.165, 1.54) is 10.3 Å². The SMILES string of the molecule is CC(Nc1nc2ccc(Br)cc2s1)c1cccc(Br)c1. The molecule has 1 atom stereocenters. The third-order valence-electron chi connectivity index (χ3n) is 3.04. The Morgan fingerprint density at radius 1 is 1.10 bits per heavy atom. The van der Waals surface area contributed by atoms with Gasteiger partial charge in [-0.15, -0.1) is 0 Å². The molecule has 0 aliphatic carbocycles. The molecule has 0 spiro atoms. The molecule has 0 saturated heterocycles. The molecule has 0 aliphatic heterocycles. The van der Waals surface area contributed by atoms with E-state index in [9.17, 15) is 0 Å². The van der Waals surface area contributed by atoms with Crippen molar-refractivity contribution in [3.8, 4) is 0 Å². The maximum atomic E-state index is 4.62. The summed E-state index contributed by atoms with van der Waals surface area (Å²) in [4.78, 5) is 4.62. The lowest BCUT2D eigenvalue weighted by Gasteiger charge is -2.13. The number of anilines is 1. The fraction of sp³-hybridized carbons (Fsp3) is 0.133. The molecule has 102 valence electrons. The zero-order chi connectivity index (χ0) is 14.1. The smallest absolute Gasteiger partial charge is 0.184 e. The Bertz CT molecular complexity index is 754. The number of thiazole rings is 1. The minimum absolute atomic E-state index is 0.219. The third kappa shape index (κ3) is 3.05. The van der Waals surface area contributed by atoms with Crippen molar-refractivity contribution in [3.05, 3.63) is 57.0 Å². The number of benzene rings is 2. The van der Waals surface area contributed by atoms with Gasteiger partial charge in [0, 0.05) is 8.95 Å². The Hall–Kier alpha value is -0.910. The van der Waals surface area contributed by atoms with Gasteiger partial charge in [-0.3, -0.25) is 0 Å². The van der Waals surface area contributed by atoms with Gasteiger partial charge in [0.15, 0.2) is 5.13 Å². The number of nitrogens with zero attached hydrogens (tertiary/aromatic N) is 1. The van der Waals surface area contributed by atoms with Gasteiger partial charge in [-0.05, 0) is 42.8 Å². The Balaban J connectivity index is 1.85. The summed E-state index contributed by atoms with van der Waals surface area (Å²) in [6.45, 7) is 2.14. The van der Waals surface area contributed by atoms with Crippen LogP contribution in [-0.2, 0) is 0 Å². The molecular formula is C15H12Br2N2S. The summed E-state index contributed by atoms with van der Waals surface area (Å²) in [5.74, 6) is 0. The van der Waals surface area contributed by atoms with Crippen LogP contribution >= 0.6 is 43.2 Å². The Labute approximate surface area is 138 Å². The molecule has 1 unspecified atom stereocenters. The molecule has 3 aromatic rings. The molecule has 0 fully saturated rings. The molecule has 0 saturated carbocycles. The van der Waals surface area contributed by atoms with Gasteiger partial charge < -0.3 is 5.32 Å². The number of rotatable bonds is 3. The van der Waals surface area contributed by atoms with Crippen LogP contribution < -0.4 is 5.32 Å². The first-order chi connectivity index (χ1) is 9.61. The van der Waals surface area contributed by atoms with Gasteiger partial charge >= 0.3 is 0 Å². The van der Waals surface area contributed by atoms with Gasteiger partial charge in [0.2, 0.25) is 0 Å². The van der Waals surface area contributed by atoms with E-state index in [-0.39, 0.29) is 6.04 Å². The zero-order valence-electron chi connectivity index (χ0n) is 10.7. The van der Waals surface area contributed by atoms with Gasteiger partial charge in [0.05, 0.1) is 16.3 Å². The van der Waals surface area contributed by atoms with Crippen LogP contribution in [0.1, 0.15) is 18.5 Å². The summed E-state index contributed by atoms with van der Waals surface area (Å²) in [5, 5.41) is 4.42. The zero-order valence-corrected chi connectivity index (χ0v) is 14.7.